The summed E-state index contributed by atoms with van der Waals surface area (Å²) in [6.45, 7) is 2.51. The van der Waals surface area contributed by atoms with Crippen molar-refractivity contribution in [1.82, 2.24) is 15.1 Å². The first-order chi connectivity index (χ1) is 17.7. The zero-order valence-electron chi connectivity index (χ0n) is 20.4. The predicted molar refractivity (Wildman–Crippen MR) is 140 cm³/mol. The fourth-order valence-electron chi connectivity index (χ4n) is 5.10. The summed E-state index contributed by atoms with van der Waals surface area (Å²) in [7, 11) is 25.6. The van der Waals surface area contributed by atoms with Crippen LogP contribution in [0, 0.1) is 0 Å². The molecule has 3 aliphatic rings. The van der Waals surface area contributed by atoms with E-state index >= 15 is 0 Å². The Morgan fingerprint density at radius 3 is 2.57 bits per heavy atom. The molecule has 37 heavy (non-hydrogen) atoms. The van der Waals surface area contributed by atoms with Gasteiger partial charge in [0.05, 0.1) is 35.5 Å². The van der Waals surface area contributed by atoms with Crippen LogP contribution in [0.4, 0.5) is 0 Å². The number of carbonyl (C=O) groups excluding carboxylic acids is 3. The van der Waals surface area contributed by atoms with Gasteiger partial charge in [-0.25, -0.2) is 0 Å². The van der Waals surface area contributed by atoms with Gasteiger partial charge in [0.2, 0.25) is 11.8 Å². The fourth-order valence-corrected chi connectivity index (χ4v) is 5.10. The van der Waals surface area contributed by atoms with E-state index in [1.165, 1.54) is 4.90 Å². The van der Waals surface area contributed by atoms with E-state index in [9.17, 15) is 14.4 Å². The van der Waals surface area contributed by atoms with Crippen LogP contribution in [0.5, 0.6) is 5.75 Å². The van der Waals surface area contributed by atoms with Gasteiger partial charge >= 0.3 is 0 Å². The normalized spacial score (nSPS) is 20.6. The van der Waals surface area contributed by atoms with Crippen molar-refractivity contribution < 1.29 is 23.9 Å². The number of rotatable bonds is 6. The Bertz CT molecular complexity index is 1270. The molecule has 0 spiro atoms. The number of amides is 3. The highest BCUT2D eigenvalue weighted by molar-refractivity contribution is 6.44. The summed E-state index contributed by atoms with van der Waals surface area (Å²) in [6, 6.07) is 7.85. The van der Waals surface area contributed by atoms with Gasteiger partial charge in [0.1, 0.15) is 34.1 Å². The molecule has 0 aliphatic carbocycles. The SMILES string of the molecule is [B]c1cc(C([B])([B])N2CCOCC2)c([B])cc1COc1cccc2c1CN(C1CCC(=O)NC1=O)C2=O. The molecule has 1 atom stereocenters. The van der Waals surface area contributed by atoms with Gasteiger partial charge in [0.15, 0.2) is 0 Å². The Hall–Kier alpha value is -2.97. The molecule has 2 saturated heterocycles. The maximum absolute atomic E-state index is 13.0. The van der Waals surface area contributed by atoms with Crippen molar-refractivity contribution in [2.75, 3.05) is 26.3 Å². The number of fused-ring (bicyclic) bond motifs is 1. The third kappa shape index (κ3) is 4.84. The van der Waals surface area contributed by atoms with Crippen LogP contribution in [-0.2, 0) is 32.8 Å². The first kappa shape index (κ1) is 25.7. The van der Waals surface area contributed by atoms with Crippen LogP contribution in [0.15, 0.2) is 30.3 Å². The lowest BCUT2D eigenvalue weighted by Crippen LogP contribution is -2.54. The lowest BCUT2D eigenvalue weighted by atomic mass is 9.54. The number of imide groups is 1. The van der Waals surface area contributed by atoms with Crippen molar-refractivity contribution >= 4 is 60.0 Å². The van der Waals surface area contributed by atoms with E-state index in [0.29, 0.717) is 65.2 Å². The van der Waals surface area contributed by atoms with Crippen LogP contribution in [0.3, 0.4) is 0 Å². The molecule has 8 radical (unpaired) electrons. The van der Waals surface area contributed by atoms with Gasteiger partial charge < -0.3 is 19.3 Å². The third-order valence-electron chi connectivity index (χ3n) is 7.20. The molecule has 3 heterocycles. The number of nitrogens with one attached hydrogen (secondary N) is 1. The highest BCUT2D eigenvalue weighted by Gasteiger charge is 2.40. The largest absolute Gasteiger partial charge is 0.489 e. The maximum atomic E-state index is 13.0. The Morgan fingerprint density at radius 1 is 1.08 bits per heavy atom. The van der Waals surface area contributed by atoms with Crippen molar-refractivity contribution in [2.45, 2.75) is 37.4 Å². The lowest BCUT2D eigenvalue weighted by Gasteiger charge is -2.43. The number of ether oxygens (including phenoxy) is 2. The van der Waals surface area contributed by atoms with Crippen LogP contribution in [0.25, 0.3) is 0 Å². The van der Waals surface area contributed by atoms with Crippen LogP contribution in [-0.4, -0.2) is 91.3 Å². The summed E-state index contributed by atoms with van der Waals surface area (Å²) in [5, 5.41) is 1.00. The number of piperidine rings is 1. The van der Waals surface area contributed by atoms with Crippen molar-refractivity contribution in [3.63, 3.8) is 0 Å². The molecule has 0 saturated carbocycles. The molecule has 3 aliphatic heterocycles. The molecular formula is C25H23B4N3O5. The molecule has 3 amide bonds. The van der Waals surface area contributed by atoms with E-state index in [-0.39, 0.29) is 37.8 Å². The van der Waals surface area contributed by atoms with Gasteiger partial charge in [-0.1, -0.05) is 34.7 Å². The summed E-state index contributed by atoms with van der Waals surface area (Å²) < 4.78 is 11.5. The number of carbonyl (C=O) groups is 3. The van der Waals surface area contributed by atoms with E-state index in [1.54, 1.807) is 30.3 Å². The maximum Gasteiger partial charge on any atom is 0.255 e. The number of hydrogen-bond acceptors (Lipinski definition) is 6. The summed E-state index contributed by atoms with van der Waals surface area (Å²) >= 11 is 0. The molecular weight excluding hydrogens is 466 g/mol. The van der Waals surface area contributed by atoms with E-state index < -0.39 is 17.3 Å². The monoisotopic (exact) mass is 489 g/mol. The molecule has 2 fully saturated rings. The van der Waals surface area contributed by atoms with E-state index in [0.717, 1.165) is 0 Å². The number of hydrogen-bond donors (Lipinski definition) is 1. The van der Waals surface area contributed by atoms with Crippen molar-refractivity contribution in [3.05, 3.63) is 52.6 Å². The van der Waals surface area contributed by atoms with Gasteiger partial charge in [-0.15, -0.1) is 0 Å². The third-order valence-corrected chi connectivity index (χ3v) is 7.20. The molecule has 2 aromatic carbocycles. The lowest BCUT2D eigenvalue weighted by molar-refractivity contribution is -0.136. The van der Waals surface area contributed by atoms with Crippen LogP contribution in [0.2, 0.25) is 0 Å². The van der Waals surface area contributed by atoms with Crippen molar-refractivity contribution in [2.24, 2.45) is 0 Å². The second-order valence-corrected chi connectivity index (χ2v) is 9.53. The van der Waals surface area contributed by atoms with Gasteiger partial charge in [0.25, 0.3) is 5.91 Å². The minimum absolute atomic E-state index is 0.0963. The first-order valence-corrected chi connectivity index (χ1v) is 12.1. The van der Waals surface area contributed by atoms with Crippen LogP contribution < -0.4 is 21.0 Å². The second-order valence-electron chi connectivity index (χ2n) is 9.53. The predicted octanol–water partition coefficient (Wildman–Crippen LogP) is -1.61. The highest BCUT2D eigenvalue weighted by atomic mass is 16.5. The Morgan fingerprint density at radius 2 is 1.84 bits per heavy atom. The average Bonchev–Trinajstić information content (AvgIpc) is 3.21. The number of nitrogens with zero attached hydrogens (tertiary/aromatic N) is 2. The number of morpholine rings is 1. The average molecular weight is 489 g/mol. The standard InChI is InChI=1S/C25H23B4N3O5/c26-18-11-17(25(28,29)31-6-8-36-9-7-31)19(27)10-14(18)13-37-21-3-1-2-15-16(21)12-32(24(15)35)20-4-5-22(33)30-23(20)34/h1-3,10-11,20H,4-9,12-13H2,(H,30,33,34). The van der Waals surface area contributed by atoms with Gasteiger partial charge in [-0.3, -0.25) is 19.7 Å². The van der Waals surface area contributed by atoms with Gasteiger partial charge in [-0.2, -0.15) is 0 Å². The molecule has 1 unspecified atom stereocenters. The zero-order valence-corrected chi connectivity index (χ0v) is 20.4. The Labute approximate surface area is 221 Å². The van der Waals surface area contributed by atoms with E-state index in [2.05, 4.69) is 5.32 Å². The van der Waals surface area contributed by atoms with Gasteiger partial charge in [-0.05, 0) is 29.5 Å². The summed E-state index contributed by atoms with van der Waals surface area (Å²) in [5.74, 6) is -0.559. The topological polar surface area (TPSA) is 88.2 Å². The fraction of sp³-hybridized carbons (Fsp3) is 0.400. The summed E-state index contributed by atoms with van der Waals surface area (Å²) in [4.78, 5) is 40.3. The van der Waals surface area contributed by atoms with Crippen LogP contribution >= 0.6 is 0 Å². The molecule has 12 heteroatoms. The molecule has 5 rings (SSSR count). The Balaban J connectivity index is 1.33. The smallest absolute Gasteiger partial charge is 0.255 e. The van der Waals surface area contributed by atoms with E-state index in [4.69, 9.17) is 40.9 Å². The van der Waals surface area contributed by atoms with E-state index in [1.807, 2.05) is 4.90 Å². The van der Waals surface area contributed by atoms with Gasteiger partial charge in [0, 0.05) is 30.6 Å². The minimum Gasteiger partial charge on any atom is -0.489 e. The van der Waals surface area contributed by atoms with Crippen LogP contribution in [0.1, 0.15) is 39.9 Å². The molecule has 0 bridgehead atoms. The first-order valence-electron chi connectivity index (χ1n) is 12.1. The summed E-state index contributed by atoms with van der Waals surface area (Å²) in [5.41, 5.74) is 3.11. The molecule has 8 nitrogen and oxygen atoms in total. The second kappa shape index (κ2) is 10.1. The molecule has 1 N–H and O–H groups in total. The van der Waals surface area contributed by atoms with Crippen molar-refractivity contribution in [1.29, 1.82) is 0 Å². The molecule has 2 aromatic rings. The number of benzene rings is 2. The zero-order chi connectivity index (χ0) is 26.3. The highest BCUT2D eigenvalue weighted by Crippen LogP contribution is 2.34. The van der Waals surface area contributed by atoms with Crippen molar-refractivity contribution in [3.8, 4) is 5.75 Å². The minimum atomic E-state index is -1.30. The summed E-state index contributed by atoms with van der Waals surface area (Å²) in [6.07, 6.45) is 0.478. The molecule has 0 aromatic heterocycles. The Kier molecular flexibility index (Phi) is 6.98. The molecule has 180 valence electrons. The quantitative estimate of drug-likeness (QED) is 0.389.